The third kappa shape index (κ3) is 5.42. The summed E-state index contributed by atoms with van der Waals surface area (Å²) in [6.07, 6.45) is 3.28. The number of amides is 3. The molecular formula is C18H25FN4O2. The molecule has 2 N–H and O–H groups in total. The quantitative estimate of drug-likeness (QED) is 0.825. The Morgan fingerprint density at radius 2 is 1.96 bits per heavy atom. The number of carbonyl (C=O) groups excluding carboxylic acids is 2. The molecule has 136 valence electrons. The van der Waals surface area contributed by atoms with Crippen LogP contribution in [-0.2, 0) is 4.79 Å². The van der Waals surface area contributed by atoms with Gasteiger partial charge in [-0.1, -0.05) is 0 Å². The Morgan fingerprint density at radius 1 is 1.24 bits per heavy atom. The number of rotatable bonds is 6. The molecule has 6 nitrogen and oxygen atoms in total. The number of anilines is 1. The van der Waals surface area contributed by atoms with Crippen molar-refractivity contribution in [2.45, 2.75) is 25.3 Å². The van der Waals surface area contributed by atoms with Gasteiger partial charge in [0, 0.05) is 38.4 Å². The SMILES string of the molecule is CN(CC1CC1)C(=O)CN1CCC(NC(=O)Nc2ccc(F)cc2)C1. The first-order valence-corrected chi connectivity index (χ1v) is 8.79. The van der Waals surface area contributed by atoms with Crippen LogP contribution in [0.2, 0.25) is 0 Å². The number of likely N-dealkylation sites (N-methyl/N-ethyl adjacent to an activating group) is 1. The van der Waals surface area contributed by atoms with Gasteiger partial charge >= 0.3 is 6.03 Å². The molecule has 25 heavy (non-hydrogen) atoms. The number of halogens is 1. The second-order valence-electron chi connectivity index (χ2n) is 7.04. The van der Waals surface area contributed by atoms with E-state index in [1.54, 1.807) is 0 Å². The van der Waals surface area contributed by atoms with Gasteiger partial charge in [-0.3, -0.25) is 9.69 Å². The zero-order valence-corrected chi connectivity index (χ0v) is 14.5. The van der Waals surface area contributed by atoms with Crippen molar-refractivity contribution in [1.29, 1.82) is 0 Å². The third-order valence-electron chi connectivity index (χ3n) is 4.72. The number of benzene rings is 1. The fraction of sp³-hybridized carbons (Fsp3) is 0.556. The molecule has 7 heteroatoms. The van der Waals surface area contributed by atoms with Crippen molar-refractivity contribution in [2.24, 2.45) is 5.92 Å². The van der Waals surface area contributed by atoms with Crippen molar-refractivity contribution < 1.29 is 14.0 Å². The van der Waals surface area contributed by atoms with Gasteiger partial charge in [-0.05, 0) is 49.4 Å². The molecule has 1 aliphatic heterocycles. The molecule has 0 bridgehead atoms. The van der Waals surface area contributed by atoms with Gasteiger partial charge in [-0.15, -0.1) is 0 Å². The molecule has 1 saturated heterocycles. The lowest BCUT2D eigenvalue weighted by Crippen LogP contribution is -2.42. The summed E-state index contributed by atoms with van der Waals surface area (Å²) >= 11 is 0. The highest BCUT2D eigenvalue weighted by molar-refractivity contribution is 5.89. The Bertz CT molecular complexity index is 618. The highest BCUT2D eigenvalue weighted by Crippen LogP contribution is 2.29. The van der Waals surface area contributed by atoms with Crippen LogP contribution in [0.3, 0.4) is 0 Å². The molecule has 3 rings (SSSR count). The summed E-state index contributed by atoms with van der Waals surface area (Å²) in [7, 11) is 1.86. The van der Waals surface area contributed by atoms with Crippen molar-refractivity contribution in [2.75, 3.05) is 38.5 Å². The Labute approximate surface area is 147 Å². The monoisotopic (exact) mass is 348 g/mol. The third-order valence-corrected chi connectivity index (χ3v) is 4.72. The van der Waals surface area contributed by atoms with Gasteiger partial charge in [0.15, 0.2) is 0 Å². The van der Waals surface area contributed by atoms with Crippen molar-refractivity contribution >= 4 is 17.6 Å². The first kappa shape index (κ1) is 17.7. The van der Waals surface area contributed by atoms with Crippen molar-refractivity contribution in [3.05, 3.63) is 30.1 Å². The van der Waals surface area contributed by atoms with Crippen LogP contribution in [0, 0.1) is 11.7 Å². The summed E-state index contributed by atoms with van der Waals surface area (Å²) in [6, 6.07) is 5.35. The molecule has 1 aromatic carbocycles. The van der Waals surface area contributed by atoms with Crippen LogP contribution < -0.4 is 10.6 Å². The lowest BCUT2D eigenvalue weighted by Gasteiger charge is -2.21. The first-order valence-electron chi connectivity index (χ1n) is 8.79. The van der Waals surface area contributed by atoms with E-state index in [1.165, 1.54) is 37.1 Å². The molecule has 0 spiro atoms. The molecule has 1 heterocycles. The number of hydrogen-bond donors (Lipinski definition) is 2. The molecule has 1 saturated carbocycles. The van der Waals surface area contributed by atoms with Crippen LogP contribution in [0.1, 0.15) is 19.3 Å². The van der Waals surface area contributed by atoms with Gasteiger partial charge in [-0.25, -0.2) is 9.18 Å². The van der Waals surface area contributed by atoms with Gasteiger partial charge in [0.2, 0.25) is 5.91 Å². The van der Waals surface area contributed by atoms with E-state index in [-0.39, 0.29) is 23.8 Å². The summed E-state index contributed by atoms with van der Waals surface area (Å²) < 4.78 is 12.9. The van der Waals surface area contributed by atoms with Crippen LogP contribution in [0.4, 0.5) is 14.9 Å². The van der Waals surface area contributed by atoms with Gasteiger partial charge in [0.05, 0.1) is 6.54 Å². The molecule has 1 unspecified atom stereocenters. The van der Waals surface area contributed by atoms with Gasteiger partial charge in [-0.2, -0.15) is 0 Å². The number of nitrogens with one attached hydrogen (secondary N) is 2. The summed E-state index contributed by atoms with van der Waals surface area (Å²) in [6.45, 7) is 2.72. The maximum absolute atomic E-state index is 12.9. The van der Waals surface area contributed by atoms with E-state index in [0.29, 0.717) is 24.7 Å². The molecule has 3 amide bonds. The van der Waals surface area contributed by atoms with Gasteiger partial charge in [0.1, 0.15) is 5.82 Å². The molecule has 0 radical (unpaired) electrons. The minimum Gasteiger partial charge on any atom is -0.344 e. The lowest BCUT2D eigenvalue weighted by atomic mass is 10.3. The summed E-state index contributed by atoms with van der Waals surface area (Å²) in [5.41, 5.74) is 0.547. The summed E-state index contributed by atoms with van der Waals surface area (Å²) in [5.74, 6) is 0.495. The zero-order chi connectivity index (χ0) is 17.8. The second kappa shape index (κ2) is 7.82. The molecule has 2 fully saturated rings. The molecule has 0 aromatic heterocycles. The van der Waals surface area contributed by atoms with Crippen molar-refractivity contribution in [1.82, 2.24) is 15.1 Å². The molecule has 1 aliphatic carbocycles. The second-order valence-corrected chi connectivity index (χ2v) is 7.04. The molecule has 1 aromatic rings. The molecule has 2 aliphatic rings. The number of nitrogens with zero attached hydrogens (tertiary/aromatic N) is 2. The van der Waals surface area contributed by atoms with Gasteiger partial charge < -0.3 is 15.5 Å². The van der Waals surface area contributed by atoms with Crippen LogP contribution in [0.15, 0.2) is 24.3 Å². The average molecular weight is 348 g/mol. The fourth-order valence-corrected chi connectivity index (χ4v) is 3.08. The smallest absolute Gasteiger partial charge is 0.319 e. The van der Waals surface area contributed by atoms with E-state index in [4.69, 9.17) is 0 Å². The van der Waals surface area contributed by atoms with Crippen LogP contribution in [0.5, 0.6) is 0 Å². The van der Waals surface area contributed by atoms with Gasteiger partial charge in [0.25, 0.3) is 0 Å². The van der Waals surface area contributed by atoms with E-state index in [9.17, 15) is 14.0 Å². The van der Waals surface area contributed by atoms with E-state index in [0.717, 1.165) is 19.5 Å². The average Bonchev–Trinajstić information content (AvgIpc) is 3.28. The molecule has 1 atom stereocenters. The first-order chi connectivity index (χ1) is 12.0. The standard InChI is InChI=1S/C18H25FN4O2/c1-22(10-13-2-3-13)17(24)12-23-9-8-16(11-23)21-18(25)20-15-6-4-14(19)5-7-15/h4-7,13,16H,2-3,8-12H2,1H3,(H2,20,21,25). The van der Waals surface area contributed by atoms with E-state index < -0.39 is 0 Å². The number of carbonyl (C=O) groups is 2. The summed E-state index contributed by atoms with van der Waals surface area (Å²) in [4.78, 5) is 28.1. The van der Waals surface area contributed by atoms with E-state index in [2.05, 4.69) is 15.5 Å². The number of urea groups is 1. The highest BCUT2D eigenvalue weighted by atomic mass is 19.1. The number of hydrogen-bond acceptors (Lipinski definition) is 3. The number of likely N-dealkylation sites (tertiary alicyclic amines) is 1. The highest BCUT2D eigenvalue weighted by Gasteiger charge is 2.28. The predicted octanol–water partition coefficient (Wildman–Crippen LogP) is 1.89. The summed E-state index contributed by atoms with van der Waals surface area (Å²) in [5, 5.41) is 5.59. The Hall–Kier alpha value is -2.15. The fourth-order valence-electron chi connectivity index (χ4n) is 3.08. The lowest BCUT2D eigenvalue weighted by molar-refractivity contribution is -0.131. The van der Waals surface area contributed by atoms with E-state index in [1.807, 2.05) is 11.9 Å². The zero-order valence-electron chi connectivity index (χ0n) is 14.5. The maximum Gasteiger partial charge on any atom is 0.319 e. The normalized spacial score (nSPS) is 20.3. The Kier molecular flexibility index (Phi) is 5.53. The Balaban J connectivity index is 1.39. The minimum atomic E-state index is -0.339. The van der Waals surface area contributed by atoms with Crippen molar-refractivity contribution in [3.63, 3.8) is 0 Å². The molecular weight excluding hydrogens is 323 g/mol. The van der Waals surface area contributed by atoms with E-state index >= 15 is 0 Å². The van der Waals surface area contributed by atoms with Crippen LogP contribution in [0.25, 0.3) is 0 Å². The predicted molar refractivity (Wildman–Crippen MR) is 93.8 cm³/mol. The van der Waals surface area contributed by atoms with Crippen LogP contribution in [-0.4, -0.2) is 61.0 Å². The maximum atomic E-state index is 12.9. The Morgan fingerprint density at radius 3 is 2.64 bits per heavy atom. The van der Waals surface area contributed by atoms with Crippen LogP contribution >= 0.6 is 0 Å². The van der Waals surface area contributed by atoms with Crippen molar-refractivity contribution in [3.8, 4) is 0 Å². The minimum absolute atomic E-state index is 0.0157. The topological polar surface area (TPSA) is 64.7 Å². The largest absolute Gasteiger partial charge is 0.344 e.